The molecule has 1 atom stereocenters. The first kappa shape index (κ1) is 21.4. The van der Waals surface area contributed by atoms with Gasteiger partial charge in [-0.25, -0.2) is 4.68 Å². The number of hydrogen-bond donors (Lipinski definition) is 1. The number of rotatable bonds is 6. The molecule has 0 spiro atoms. The summed E-state index contributed by atoms with van der Waals surface area (Å²) in [4.78, 5) is 38.6. The van der Waals surface area contributed by atoms with Crippen molar-refractivity contribution in [2.45, 2.75) is 46.4 Å². The summed E-state index contributed by atoms with van der Waals surface area (Å²) in [6.07, 6.45) is 8.90. The number of nitrogens with one attached hydrogen (secondary N) is 1. The van der Waals surface area contributed by atoms with E-state index in [9.17, 15) is 14.4 Å². The van der Waals surface area contributed by atoms with Gasteiger partial charge in [0.05, 0.1) is 29.8 Å². The maximum absolute atomic E-state index is 12.7. The molecule has 0 radical (unpaired) electrons. The van der Waals surface area contributed by atoms with Crippen molar-refractivity contribution in [3.8, 4) is 0 Å². The third-order valence-corrected chi connectivity index (χ3v) is 4.61. The lowest BCUT2D eigenvalue weighted by atomic mass is 9.98. The average Bonchev–Trinajstić information content (AvgIpc) is 3.44. The molecule has 3 rings (SSSR count). The lowest BCUT2D eigenvalue weighted by molar-refractivity contribution is -0.157. The van der Waals surface area contributed by atoms with Crippen molar-refractivity contribution >= 4 is 29.5 Å². The Kier molecular flexibility index (Phi) is 6.39. The topological polar surface area (TPSA) is 107 Å². The SMILES string of the molecule is CC(C)(C)C(=O)OCn1cc(NC(=O)[C@@H]2CCCN2C(=O)/C=C/c2ccco2)cn1. The van der Waals surface area contributed by atoms with Crippen LogP contribution in [0.2, 0.25) is 0 Å². The predicted octanol–water partition coefficient (Wildman–Crippen LogP) is 2.67. The van der Waals surface area contributed by atoms with Crippen LogP contribution >= 0.6 is 0 Å². The summed E-state index contributed by atoms with van der Waals surface area (Å²) in [5.41, 5.74) is -0.133. The van der Waals surface area contributed by atoms with Crippen LogP contribution in [0.5, 0.6) is 0 Å². The van der Waals surface area contributed by atoms with Crippen LogP contribution in [0.1, 0.15) is 39.4 Å². The number of nitrogens with zero attached hydrogens (tertiary/aromatic N) is 3. The van der Waals surface area contributed by atoms with Crippen molar-refractivity contribution < 1.29 is 23.5 Å². The van der Waals surface area contributed by atoms with Gasteiger partial charge in [0.2, 0.25) is 11.8 Å². The molecule has 9 heteroatoms. The summed E-state index contributed by atoms with van der Waals surface area (Å²) in [7, 11) is 0. The third-order valence-electron chi connectivity index (χ3n) is 4.61. The smallest absolute Gasteiger partial charge is 0.313 e. The lowest BCUT2D eigenvalue weighted by Crippen LogP contribution is -2.42. The van der Waals surface area contributed by atoms with E-state index in [0.717, 1.165) is 6.42 Å². The number of carbonyl (C=O) groups is 3. The van der Waals surface area contributed by atoms with Gasteiger partial charge in [-0.05, 0) is 51.8 Å². The molecule has 2 aromatic rings. The Morgan fingerprint density at radius 2 is 2.17 bits per heavy atom. The quantitative estimate of drug-likeness (QED) is 0.575. The first-order valence-corrected chi connectivity index (χ1v) is 9.77. The number of carbonyl (C=O) groups excluding carboxylic acids is 3. The van der Waals surface area contributed by atoms with E-state index in [-0.39, 0.29) is 24.5 Å². The fourth-order valence-corrected chi connectivity index (χ4v) is 3.00. The van der Waals surface area contributed by atoms with E-state index in [1.807, 2.05) is 0 Å². The highest BCUT2D eigenvalue weighted by Gasteiger charge is 2.33. The second-order valence-electron chi connectivity index (χ2n) is 8.11. The van der Waals surface area contributed by atoms with E-state index < -0.39 is 11.5 Å². The normalized spacial score (nSPS) is 16.8. The summed E-state index contributed by atoms with van der Waals surface area (Å²) < 4.78 is 11.8. The van der Waals surface area contributed by atoms with E-state index in [0.29, 0.717) is 24.4 Å². The van der Waals surface area contributed by atoms with Crippen molar-refractivity contribution in [2.75, 3.05) is 11.9 Å². The van der Waals surface area contributed by atoms with E-state index in [1.54, 1.807) is 50.1 Å². The standard InChI is InChI=1S/C21H26N4O5/c1-21(2,3)20(28)30-14-24-13-15(12-22-24)23-19(27)17-7-4-10-25(17)18(26)9-8-16-6-5-11-29-16/h5-6,8-9,11-13,17H,4,7,10,14H2,1-3H3,(H,23,27)/b9-8+/t17-/m0/s1. The molecule has 0 aromatic carbocycles. The van der Waals surface area contributed by atoms with Gasteiger partial charge in [0.15, 0.2) is 6.73 Å². The molecule has 160 valence electrons. The van der Waals surface area contributed by atoms with Crippen LogP contribution in [0.3, 0.4) is 0 Å². The van der Waals surface area contributed by atoms with Crippen LogP contribution in [0.15, 0.2) is 41.3 Å². The molecule has 0 bridgehead atoms. The molecular formula is C21H26N4O5. The molecule has 0 saturated carbocycles. The number of hydrogen-bond acceptors (Lipinski definition) is 6. The van der Waals surface area contributed by atoms with Crippen molar-refractivity contribution in [3.05, 3.63) is 42.6 Å². The minimum Gasteiger partial charge on any atom is -0.465 e. The molecule has 30 heavy (non-hydrogen) atoms. The van der Waals surface area contributed by atoms with Gasteiger partial charge in [-0.3, -0.25) is 14.4 Å². The number of amides is 2. The van der Waals surface area contributed by atoms with Gasteiger partial charge >= 0.3 is 5.97 Å². The van der Waals surface area contributed by atoms with Crippen LogP contribution in [0, 0.1) is 5.41 Å². The molecule has 0 aliphatic carbocycles. The second kappa shape index (κ2) is 8.98. The summed E-state index contributed by atoms with van der Waals surface area (Å²) in [6.45, 7) is 5.77. The molecule has 1 N–H and O–H groups in total. The highest BCUT2D eigenvalue weighted by Crippen LogP contribution is 2.20. The number of likely N-dealkylation sites (tertiary alicyclic amines) is 1. The molecule has 3 heterocycles. The van der Waals surface area contributed by atoms with Crippen molar-refractivity contribution in [3.63, 3.8) is 0 Å². The maximum Gasteiger partial charge on any atom is 0.313 e. The van der Waals surface area contributed by atoms with E-state index >= 15 is 0 Å². The number of esters is 1. The Bertz CT molecular complexity index is 924. The van der Waals surface area contributed by atoms with Crippen molar-refractivity contribution in [1.82, 2.24) is 14.7 Å². The van der Waals surface area contributed by atoms with Crippen molar-refractivity contribution in [2.24, 2.45) is 5.41 Å². The molecular weight excluding hydrogens is 388 g/mol. The fraction of sp³-hybridized carbons (Fsp3) is 0.429. The molecule has 0 unspecified atom stereocenters. The summed E-state index contributed by atoms with van der Waals surface area (Å²) in [6, 6.07) is 2.93. The Labute approximate surface area is 174 Å². The zero-order valence-electron chi connectivity index (χ0n) is 17.3. The predicted molar refractivity (Wildman–Crippen MR) is 109 cm³/mol. The fourth-order valence-electron chi connectivity index (χ4n) is 3.00. The molecule has 2 amide bonds. The monoisotopic (exact) mass is 414 g/mol. The lowest BCUT2D eigenvalue weighted by Gasteiger charge is -2.22. The van der Waals surface area contributed by atoms with E-state index in [2.05, 4.69) is 10.4 Å². The summed E-state index contributed by atoms with van der Waals surface area (Å²) >= 11 is 0. The largest absolute Gasteiger partial charge is 0.465 e. The van der Waals surface area contributed by atoms with Gasteiger partial charge in [-0.1, -0.05) is 0 Å². The molecule has 1 aliphatic heterocycles. The Hall–Kier alpha value is -3.36. The molecule has 2 aromatic heterocycles. The summed E-state index contributed by atoms with van der Waals surface area (Å²) in [5, 5.41) is 6.86. The Morgan fingerprint density at radius 1 is 1.37 bits per heavy atom. The Morgan fingerprint density at radius 3 is 2.87 bits per heavy atom. The molecule has 1 aliphatic rings. The van der Waals surface area contributed by atoms with Crippen LogP contribution in [-0.2, 0) is 25.9 Å². The van der Waals surface area contributed by atoms with E-state index in [1.165, 1.54) is 23.2 Å². The minimum atomic E-state index is -0.603. The van der Waals surface area contributed by atoms with Gasteiger partial charge in [-0.15, -0.1) is 0 Å². The van der Waals surface area contributed by atoms with Gasteiger partial charge in [0.25, 0.3) is 0 Å². The zero-order valence-corrected chi connectivity index (χ0v) is 17.3. The number of aromatic nitrogens is 2. The molecule has 9 nitrogen and oxygen atoms in total. The third kappa shape index (κ3) is 5.37. The average molecular weight is 414 g/mol. The minimum absolute atomic E-state index is 0.0441. The van der Waals surface area contributed by atoms with Crippen LogP contribution < -0.4 is 5.32 Å². The summed E-state index contributed by atoms with van der Waals surface area (Å²) in [5.74, 6) is -0.290. The number of ether oxygens (including phenoxy) is 1. The van der Waals surface area contributed by atoms with Gasteiger partial charge < -0.3 is 19.4 Å². The number of anilines is 1. The first-order chi connectivity index (χ1) is 14.2. The maximum atomic E-state index is 12.7. The van der Waals surface area contributed by atoms with E-state index in [4.69, 9.17) is 9.15 Å². The van der Waals surface area contributed by atoms with Gasteiger partial charge in [0.1, 0.15) is 11.8 Å². The van der Waals surface area contributed by atoms with Gasteiger partial charge in [0, 0.05) is 12.6 Å². The Balaban J connectivity index is 1.55. The van der Waals surface area contributed by atoms with Crippen LogP contribution in [0.25, 0.3) is 6.08 Å². The van der Waals surface area contributed by atoms with Crippen molar-refractivity contribution in [1.29, 1.82) is 0 Å². The highest BCUT2D eigenvalue weighted by molar-refractivity contribution is 6.00. The molecule has 1 fully saturated rings. The first-order valence-electron chi connectivity index (χ1n) is 9.77. The second-order valence-corrected chi connectivity index (χ2v) is 8.11. The highest BCUT2D eigenvalue weighted by atomic mass is 16.5. The van der Waals surface area contributed by atoms with Gasteiger partial charge in [-0.2, -0.15) is 5.10 Å². The molecule has 1 saturated heterocycles. The number of furan rings is 1. The van der Waals surface area contributed by atoms with Crippen LogP contribution in [0.4, 0.5) is 5.69 Å². The zero-order chi connectivity index (χ0) is 21.7. The van der Waals surface area contributed by atoms with Crippen LogP contribution in [-0.4, -0.2) is 45.1 Å².